The van der Waals surface area contributed by atoms with Crippen LogP contribution in [0.25, 0.3) is 0 Å². The number of nitrogens with two attached hydrogens (primary N) is 1. The molecule has 0 saturated heterocycles. The molecule has 0 bridgehead atoms. The standard InChI is InChI=1S/C7H12N2S/c8-4-7(10)5-9-6-2-1-3-6/h4-6,10H,1-3,8H2/b7-4+,9-5?. The molecule has 1 aliphatic carbocycles. The zero-order valence-corrected chi connectivity index (χ0v) is 6.72. The zero-order valence-electron chi connectivity index (χ0n) is 5.83. The van der Waals surface area contributed by atoms with E-state index in [1.54, 1.807) is 6.21 Å². The lowest BCUT2D eigenvalue weighted by atomic mass is 9.94. The second-order valence-electron chi connectivity index (χ2n) is 2.45. The first kappa shape index (κ1) is 7.66. The van der Waals surface area contributed by atoms with E-state index in [2.05, 4.69) is 17.6 Å². The molecule has 3 heteroatoms. The molecule has 0 aromatic carbocycles. The summed E-state index contributed by atoms with van der Waals surface area (Å²) in [6.07, 6.45) is 6.94. The van der Waals surface area contributed by atoms with Crippen molar-refractivity contribution < 1.29 is 0 Å². The molecule has 0 amide bonds. The molecular formula is C7H12N2S. The van der Waals surface area contributed by atoms with Crippen molar-refractivity contribution >= 4 is 18.8 Å². The Balaban J connectivity index is 2.27. The number of hydrogen-bond donors (Lipinski definition) is 2. The van der Waals surface area contributed by atoms with Crippen LogP contribution in [0.4, 0.5) is 0 Å². The number of aliphatic imine (C=N–C) groups is 1. The molecule has 0 aromatic heterocycles. The maximum Gasteiger partial charge on any atom is 0.0500 e. The van der Waals surface area contributed by atoms with Crippen LogP contribution in [0.5, 0.6) is 0 Å². The third-order valence-corrected chi connectivity index (χ3v) is 1.93. The van der Waals surface area contributed by atoms with Gasteiger partial charge in [0, 0.05) is 23.4 Å². The molecule has 56 valence electrons. The lowest BCUT2D eigenvalue weighted by Crippen LogP contribution is -2.14. The van der Waals surface area contributed by atoms with Crippen LogP contribution in [0.2, 0.25) is 0 Å². The average Bonchev–Trinajstić information content (AvgIpc) is 1.84. The SMILES string of the molecule is N/C=C(/S)C=NC1CCC1. The highest BCUT2D eigenvalue weighted by Crippen LogP contribution is 2.21. The summed E-state index contributed by atoms with van der Waals surface area (Å²) in [7, 11) is 0. The third kappa shape index (κ3) is 2.06. The van der Waals surface area contributed by atoms with E-state index in [-0.39, 0.29) is 0 Å². The molecule has 0 radical (unpaired) electrons. The summed E-state index contributed by atoms with van der Waals surface area (Å²) in [5, 5.41) is 0. The van der Waals surface area contributed by atoms with Crippen molar-refractivity contribution in [2.24, 2.45) is 10.7 Å². The highest BCUT2D eigenvalue weighted by atomic mass is 32.1. The van der Waals surface area contributed by atoms with Crippen molar-refractivity contribution in [1.29, 1.82) is 0 Å². The minimum absolute atomic E-state index is 0.544. The van der Waals surface area contributed by atoms with E-state index in [4.69, 9.17) is 5.73 Å². The molecule has 1 fully saturated rings. The minimum Gasteiger partial charge on any atom is -0.404 e. The smallest absolute Gasteiger partial charge is 0.0500 e. The van der Waals surface area contributed by atoms with Gasteiger partial charge in [-0.25, -0.2) is 0 Å². The van der Waals surface area contributed by atoms with Gasteiger partial charge in [-0.1, -0.05) is 0 Å². The van der Waals surface area contributed by atoms with E-state index in [0.717, 1.165) is 4.91 Å². The fourth-order valence-corrected chi connectivity index (χ4v) is 0.827. The van der Waals surface area contributed by atoms with Gasteiger partial charge in [0.05, 0.1) is 0 Å². The van der Waals surface area contributed by atoms with E-state index < -0.39 is 0 Å². The Hall–Kier alpha value is -0.440. The fourth-order valence-electron chi connectivity index (χ4n) is 0.761. The summed E-state index contributed by atoms with van der Waals surface area (Å²) in [6.45, 7) is 0. The highest BCUT2D eigenvalue weighted by Gasteiger charge is 2.14. The topological polar surface area (TPSA) is 38.4 Å². The van der Waals surface area contributed by atoms with Crippen molar-refractivity contribution in [3.8, 4) is 0 Å². The fraction of sp³-hybridized carbons (Fsp3) is 0.571. The Kier molecular flexibility index (Phi) is 2.81. The van der Waals surface area contributed by atoms with Gasteiger partial charge in [0.15, 0.2) is 0 Å². The molecule has 0 aromatic rings. The molecule has 0 atom stereocenters. The molecule has 10 heavy (non-hydrogen) atoms. The number of nitrogens with zero attached hydrogens (tertiary/aromatic N) is 1. The van der Waals surface area contributed by atoms with Crippen molar-refractivity contribution in [3.63, 3.8) is 0 Å². The summed E-state index contributed by atoms with van der Waals surface area (Å²) < 4.78 is 0. The summed E-state index contributed by atoms with van der Waals surface area (Å²) >= 11 is 4.05. The van der Waals surface area contributed by atoms with Crippen LogP contribution < -0.4 is 5.73 Å². The molecule has 1 aliphatic rings. The van der Waals surface area contributed by atoms with Gasteiger partial charge in [-0.2, -0.15) is 0 Å². The second-order valence-corrected chi connectivity index (χ2v) is 2.97. The van der Waals surface area contributed by atoms with Crippen LogP contribution in [0, 0.1) is 0 Å². The predicted molar refractivity (Wildman–Crippen MR) is 47.4 cm³/mol. The largest absolute Gasteiger partial charge is 0.404 e. The van der Waals surface area contributed by atoms with Crippen molar-refractivity contribution in [2.75, 3.05) is 0 Å². The Bertz CT molecular complexity index is 159. The van der Waals surface area contributed by atoms with Gasteiger partial charge in [0.25, 0.3) is 0 Å². The number of allylic oxidation sites excluding steroid dienone is 1. The quantitative estimate of drug-likeness (QED) is 0.459. The van der Waals surface area contributed by atoms with Crippen LogP contribution in [0.3, 0.4) is 0 Å². The van der Waals surface area contributed by atoms with Gasteiger partial charge < -0.3 is 5.73 Å². The third-order valence-electron chi connectivity index (χ3n) is 1.66. The van der Waals surface area contributed by atoms with Gasteiger partial charge in [-0.3, -0.25) is 4.99 Å². The van der Waals surface area contributed by atoms with Gasteiger partial charge in [-0.05, 0) is 19.3 Å². The van der Waals surface area contributed by atoms with E-state index >= 15 is 0 Å². The average molecular weight is 156 g/mol. The summed E-state index contributed by atoms with van der Waals surface area (Å²) in [5.41, 5.74) is 5.19. The molecular weight excluding hydrogens is 144 g/mol. The van der Waals surface area contributed by atoms with Crippen LogP contribution >= 0.6 is 12.6 Å². The van der Waals surface area contributed by atoms with Crippen molar-refractivity contribution in [3.05, 3.63) is 11.1 Å². The van der Waals surface area contributed by atoms with E-state index in [1.165, 1.54) is 25.5 Å². The maximum atomic E-state index is 5.19. The first-order chi connectivity index (χ1) is 4.83. The van der Waals surface area contributed by atoms with E-state index in [1.807, 2.05) is 0 Å². The summed E-state index contributed by atoms with van der Waals surface area (Å²) in [5.74, 6) is 0. The predicted octanol–water partition coefficient (Wildman–Crippen LogP) is 1.34. The van der Waals surface area contributed by atoms with E-state index in [0.29, 0.717) is 6.04 Å². The molecule has 0 unspecified atom stereocenters. The van der Waals surface area contributed by atoms with Crippen LogP contribution in [0.15, 0.2) is 16.1 Å². The molecule has 1 rings (SSSR count). The van der Waals surface area contributed by atoms with Crippen molar-refractivity contribution in [1.82, 2.24) is 0 Å². The number of rotatable bonds is 2. The second kappa shape index (κ2) is 3.66. The molecule has 2 N–H and O–H groups in total. The Labute approximate surface area is 66.6 Å². The zero-order chi connectivity index (χ0) is 7.40. The first-order valence-corrected chi connectivity index (χ1v) is 3.91. The molecule has 1 saturated carbocycles. The monoisotopic (exact) mass is 156 g/mol. The molecule has 0 spiro atoms. The maximum absolute atomic E-state index is 5.19. The van der Waals surface area contributed by atoms with E-state index in [9.17, 15) is 0 Å². The van der Waals surface area contributed by atoms with Crippen LogP contribution in [-0.4, -0.2) is 12.3 Å². The van der Waals surface area contributed by atoms with Gasteiger partial charge in [0.1, 0.15) is 0 Å². The van der Waals surface area contributed by atoms with Gasteiger partial charge in [0.2, 0.25) is 0 Å². The summed E-state index contributed by atoms with van der Waals surface area (Å²) in [4.78, 5) is 4.99. The lowest BCUT2D eigenvalue weighted by Gasteiger charge is -2.20. The van der Waals surface area contributed by atoms with Crippen LogP contribution in [-0.2, 0) is 0 Å². The minimum atomic E-state index is 0.544. The highest BCUT2D eigenvalue weighted by molar-refractivity contribution is 7.85. The first-order valence-electron chi connectivity index (χ1n) is 3.47. The van der Waals surface area contributed by atoms with Gasteiger partial charge in [-0.15, -0.1) is 12.6 Å². The van der Waals surface area contributed by atoms with Crippen LogP contribution in [0.1, 0.15) is 19.3 Å². The molecule has 0 aliphatic heterocycles. The normalized spacial score (nSPS) is 21.5. The summed E-state index contributed by atoms with van der Waals surface area (Å²) in [6, 6.07) is 0.544. The van der Waals surface area contributed by atoms with Crippen molar-refractivity contribution in [2.45, 2.75) is 25.3 Å². The number of hydrogen-bond acceptors (Lipinski definition) is 3. The molecule has 2 nitrogen and oxygen atoms in total. The lowest BCUT2D eigenvalue weighted by molar-refractivity contribution is 0.421. The Morgan fingerprint density at radius 3 is 2.70 bits per heavy atom. The van der Waals surface area contributed by atoms with Gasteiger partial charge >= 0.3 is 0 Å². The molecule has 0 heterocycles. The number of thiol groups is 1. The Morgan fingerprint density at radius 2 is 2.30 bits per heavy atom. The Morgan fingerprint density at radius 1 is 1.60 bits per heavy atom.